The number of fused-ring (bicyclic) bond motifs is 2. The summed E-state index contributed by atoms with van der Waals surface area (Å²) < 4.78 is 25.1. The molecule has 4 heterocycles. The van der Waals surface area contributed by atoms with Crippen molar-refractivity contribution in [2.45, 2.75) is 160 Å². The molecule has 2 N–H and O–H groups in total. The fraction of sp³-hybridized carbons (Fsp3) is 0.707. The molecule has 2 bridgehead atoms. The monoisotopic (exact) mass is 746 g/mol. The molecule has 54 heavy (non-hydrogen) atoms. The number of carbonyl (C=O) groups excluding carboxylic acids is 4. The Hall–Kier alpha value is -3.58. The van der Waals surface area contributed by atoms with Crippen molar-refractivity contribution < 1.29 is 38.0 Å². The van der Waals surface area contributed by atoms with E-state index in [1.54, 1.807) is 25.7 Å². The summed E-state index contributed by atoms with van der Waals surface area (Å²) in [5.41, 5.74) is 1.12. The van der Waals surface area contributed by atoms with Gasteiger partial charge in [0.1, 0.15) is 23.8 Å². The van der Waals surface area contributed by atoms with E-state index in [-0.39, 0.29) is 36.8 Å². The molecule has 2 saturated heterocycles. The van der Waals surface area contributed by atoms with Gasteiger partial charge in [-0.2, -0.15) is 0 Å². The third kappa shape index (κ3) is 7.90. The molecule has 13 heteroatoms. The fourth-order valence-corrected chi connectivity index (χ4v) is 9.88. The number of hydrogen-bond donors (Lipinski definition) is 2. The highest BCUT2D eigenvalue weighted by molar-refractivity contribution is 6.48. The molecule has 7 aliphatic rings. The van der Waals surface area contributed by atoms with E-state index in [4.69, 9.17) is 18.8 Å². The Morgan fingerprint density at radius 1 is 0.981 bits per heavy atom. The maximum absolute atomic E-state index is 14.5. The first-order valence-corrected chi connectivity index (χ1v) is 20.2. The quantitative estimate of drug-likeness (QED) is 0.282. The zero-order chi connectivity index (χ0) is 38.4. The number of ether oxygens (including phenoxy) is 2. The predicted octanol–water partition coefficient (Wildman–Crippen LogP) is 6.05. The molecule has 0 aromatic heterocycles. The molecule has 4 aliphatic heterocycles. The third-order valence-corrected chi connectivity index (χ3v) is 13.0. The molecule has 3 saturated carbocycles. The molecular weight excluding hydrogens is 687 g/mol. The van der Waals surface area contributed by atoms with Crippen LogP contribution in [0.5, 0.6) is 0 Å². The number of allylic oxidation sites excluding steroid dienone is 1. The number of nitrogens with zero attached hydrogens (tertiary/aromatic N) is 2. The summed E-state index contributed by atoms with van der Waals surface area (Å²) in [7, 11) is -0.613. The molecule has 4 unspecified atom stereocenters. The van der Waals surface area contributed by atoms with E-state index in [0.717, 1.165) is 56.1 Å². The van der Waals surface area contributed by atoms with Gasteiger partial charge in [0, 0.05) is 19.5 Å². The zero-order valence-electron chi connectivity index (χ0n) is 32.9. The number of amides is 4. The number of nitrogens with one attached hydrogen (secondary N) is 2. The van der Waals surface area contributed by atoms with Gasteiger partial charge in [-0.05, 0) is 94.6 Å². The van der Waals surface area contributed by atoms with Gasteiger partial charge >= 0.3 is 19.3 Å². The normalized spacial score (nSPS) is 34.0. The maximum Gasteiger partial charge on any atom is 0.481 e. The lowest BCUT2D eigenvalue weighted by atomic mass is 9.43. The molecular formula is C41H59BN4O8. The lowest BCUT2D eigenvalue weighted by Gasteiger charge is -2.64. The smallest absolute Gasteiger partial charge is 0.444 e. The van der Waals surface area contributed by atoms with Crippen LogP contribution < -0.4 is 10.6 Å². The molecule has 8 atom stereocenters. The van der Waals surface area contributed by atoms with Crippen LogP contribution >= 0.6 is 0 Å². The van der Waals surface area contributed by atoms with Crippen LogP contribution in [0.2, 0.25) is 0 Å². The Morgan fingerprint density at radius 3 is 2.41 bits per heavy atom. The van der Waals surface area contributed by atoms with Crippen molar-refractivity contribution in [2.24, 2.45) is 17.3 Å². The second-order valence-corrected chi connectivity index (χ2v) is 18.2. The molecule has 8 rings (SSSR count). The van der Waals surface area contributed by atoms with Crippen molar-refractivity contribution in [2.75, 3.05) is 6.54 Å². The van der Waals surface area contributed by atoms with Gasteiger partial charge in [-0.15, -0.1) is 0 Å². The molecule has 12 nitrogen and oxygen atoms in total. The van der Waals surface area contributed by atoms with E-state index in [9.17, 15) is 19.2 Å². The van der Waals surface area contributed by atoms with Crippen LogP contribution in [0.4, 0.5) is 9.59 Å². The van der Waals surface area contributed by atoms with E-state index < -0.39 is 60.5 Å². The highest BCUT2D eigenvalue weighted by Crippen LogP contribution is 2.65. The Labute approximate surface area is 320 Å². The fourth-order valence-electron chi connectivity index (χ4n) is 9.88. The van der Waals surface area contributed by atoms with Crippen LogP contribution in [0.15, 0.2) is 36.4 Å². The summed E-state index contributed by atoms with van der Waals surface area (Å²) in [6.07, 6.45) is 9.85. The van der Waals surface area contributed by atoms with Crippen LogP contribution in [-0.4, -0.2) is 88.9 Å². The van der Waals surface area contributed by atoms with Crippen LogP contribution in [0, 0.1) is 17.3 Å². The van der Waals surface area contributed by atoms with Crippen LogP contribution in [0.1, 0.15) is 117 Å². The number of benzene rings is 1. The van der Waals surface area contributed by atoms with E-state index in [2.05, 4.69) is 31.4 Å². The molecule has 0 radical (unpaired) electrons. The summed E-state index contributed by atoms with van der Waals surface area (Å²) in [5, 5.41) is 6.05. The van der Waals surface area contributed by atoms with Gasteiger partial charge in [0.05, 0.1) is 24.2 Å². The maximum atomic E-state index is 14.5. The Morgan fingerprint density at radius 2 is 1.70 bits per heavy atom. The molecule has 294 valence electrons. The van der Waals surface area contributed by atoms with Gasteiger partial charge in [-0.1, -0.05) is 69.5 Å². The number of rotatable bonds is 3. The van der Waals surface area contributed by atoms with Gasteiger partial charge < -0.3 is 34.3 Å². The first-order chi connectivity index (χ1) is 25.6. The Bertz CT molecular complexity index is 1600. The third-order valence-electron chi connectivity index (χ3n) is 13.0. The summed E-state index contributed by atoms with van der Waals surface area (Å²) in [6, 6.07) is 5.96. The number of alkyl carbamates (subject to hydrolysis) is 1. The number of carbonyl (C=O) groups is 4. The van der Waals surface area contributed by atoms with Gasteiger partial charge in [0.2, 0.25) is 11.8 Å². The van der Waals surface area contributed by atoms with Crippen LogP contribution in [0.25, 0.3) is 0 Å². The van der Waals surface area contributed by atoms with Gasteiger partial charge in [0.15, 0.2) is 0 Å². The minimum absolute atomic E-state index is 0.0129. The summed E-state index contributed by atoms with van der Waals surface area (Å²) >= 11 is 0. The van der Waals surface area contributed by atoms with E-state index in [1.165, 1.54) is 4.90 Å². The van der Waals surface area contributed by atoms with E-state index in [1.807, 2.05) is 36.4 Å². The number of hydrogen-bond acceptors (Lipinski definition) is 8. The molecule has 0 spiro atoms. The van der Waals surface area contributed by atoms with Gasteiger partial charge in [-0.3, -0.25) is 14.5 Å². The highest BCUT2D eigenvalue weighted by atomic mass is 16.7. The highest BCUT2D eigenvalue weighted by Gasteiger charge is 2.68. The van der Waals surface area contributed by atoms with Gasteiger partial charge in [-0.25, -0.2) is 9.59 Å². The molecule has 1 aromatic carbocycles. The molecule has 1 aromatic rings. The first-order valence-electron chi connectivity index (χ1n) is 20.2. The average Bonchev–Trinajstić information content (AvgIpc) is 3.83. The SMILES string of the molecule is CC(C)(C)OC(=O)N[C@H]1CC=CCCCCCC[C@H](B2OC3CC4CC(C4(C)C)C3(C)O2)NC(=O)[C@@H]2C[C@@H](OC(=O)N3Cc4ccccc4C3)CN2C1=O. The van der Waals surface area contributed by atoms with E-state index >= 15 is 0 Å². The Kier molecular flexibility index (Phi) is 10.9. The van der Waals surface area contributed by atoms with Crippen LogP contribution in [0.3, 0.4) is 0 Å². The van der Waals surface area contributed by atoms with Crippen LogP contribution in [-0.2, 0) is 41.5 Å². The second kappa shape index (κ2) is 15.2. The standard InChI is InChI=1S/C41H59BN4O8/c1-39(2,3)52-37(49)43-30-18-12-10-8-7-9-11-13-19-34(42-53-33-21-28-20-32(40(28,4)5)41(33,6)54-42)44-35(47)31-22-29(25-46(31)36(30)48)51-38(50)45-23-26-16-14-15-17-27(26)24-45/h10,12,14-17,28-34H,7-9,11,13,18-25H2,1-6H3,(H,43,49)(H,44,47)/t28?,29-,30+,31+,32?,33?,34-,41?/m1/s1. The topological polar surface area (TPSA) is 136 Å². The summed E-state index contributed by atoms with van der Waals surface area (Å²) in [5.74, 6) is -0.236. The summed E-state index contributed by atoms with van der Waals surface area (Å²) in [4.78, 5) is 58.7. The van der Waals surface area contributed by atoms with E-state index in [0.29, 0.717) is 31.3 Å². The van der Waals surface area contributed by atoms with Gasteiger partial charge in [0.25, 0.3) is 0 Å². The average molecular weight is 747 g/mol. The van der Waals surface area contributed by atoms with Crippen molar-refractivity contribution in [1.29, 1.82) is 0 Å². The minimum Gasteiger partial charge on any atom is -0.444 e. The summed E-state index contributed by atoms with van der Waals surface area (Å²) in [6.45, 7) is 13.0. The van der Waals surface area contributed by atoms with Crippen molar-refractivity contribution in [3.8, 4) is 0 Å². The van der Waals surface area contributed by atoms with Crippen molar-refractivity contribution >= 4 is 31.1 Å². The van der Waals surface area contributed by atoms with Crippen molar-refractivity contribution in [3.05, 3.63) is 47.5 Å². The molecule has 5 fully saturated rings. The second-order valence-electron chi connectivity index (χ2n) is 18.2. The first kappa shape index (κ1) is 38.7. The van der Waals surface area contributed by atoms with Crippen molar-refractivity contribution in [3.63, 3.8) is 0 Å². The largest absolute Gasteiger partial charge is 0.481 e. The van der Waals surface area contributed by atoms with Crippen molar-refractivity contribution in [1.82, 2.24) is 20.4 Å². The lowest BCUT2D eigenvalue weighted by molar-refractivity contribution is -0.199. The predicted molar refractivity (Wildman–Crippen MR) is 203 cm³/mol. The molecule has 3 aliphatic carbocycles. The zero-order valence-corrected chi connectivity index (χ0v) is 32.9. The lowest BCUT2D eigenvalue weighted by Crippen LogP contribution is -2.65. The minimum atomic E-state index is -0.989. The molecule has 4 amide bonds. The Balaban J connectivity index is 1.12.